The lowest BCUT2D eigenvalue weighted by Gasteiger charge is -2.08. The fourth-order valence-electron chi connectivity index (χ4n) is 1.74. The van der Waals surface area contributed by atoms with Crippen molar-refractivity contribution in [2.75, 3.05) is 5.73 Å². The molecule has 0 atom stereocenters. The van der Waals surface area contributed by atoms with Crippen molar-refractivity contribution in [3.05, 3.63) is 23.8 Å². The van der Waals surface area contributed by atoms with Crippen LogP contribution >= 0.6 is 0 Å². The number of nitrogen functional groups attached to an aromatic ring is 1. The lowest BCUT2D eigenvalue weighted by atomic mass is 10.1. The van der Waals surface area contributed by atoms with E-state index in [9.17, 15) is 0 Å². The van der Waals surface area contributed by atoms with Gasteiger partial charge in [-0.15, -0.1) is 5.10 Å². The number of hydrogen-bond acceptors (Lipinski definition) is 4. The minimum Gasteiger partial charge on any atom is -0.398 e. The van der Waals surface area contributed by atoms with E-state index in [2.05, 4.69) is 22.4 Å². The van der Waals surface area contributed by atoms with Crippen LogP contribution in [0, 0.1) is 6.92 Å². The first-order valence-electron chi connectivity index (χ1n) is 5.35. The summed E-state index contributed by atoms with van der Waals surface area (Å²) in [6, 6.07) is 5.81. The highest BCUT2D eigenvalue weighted by Crippen LogP contribution is 2.26. The standard InChI is InChI=1S/C11H15N5/c1-3-7-16-11(13-14-15-16)10-8(2)5-4-6-9(10)12/h4-6H,3,7,12H2,1-2H3. The smallest absolute Gasteiger partial charge is 0.184 e. The first kappa shape index (κ1) is 10.6. The number of aryl methyl sites for hydroxylation is 2. The van der Waals surface area contributed by atoms with Gasteiger partial charge in [0.25, 0.3) is 0 Å². The molecule has 2 rings (SSSR count). The average Bonchev–Trinajstić information content (AvgIpc) is 2.67. The van der Waals surface area contributed by atoms with Gasteiger partial charge in [-0.3, -0.25) is 0 Å². The molecule has 2 aromatic rings. The van der Waals surface area contributed by atoms with Crippen molar-refractivity contribution < 1.29 is 0 Å². The number of tetrazole rings is 1. The van der Waals surface area contributed by atoms with Gasteiger partial charge >= 0.3 is 0 Å². The van der Waals surface area contributed by atoms with Crippen molar-refractivity contribution in [2.24, 2.45) is 0 Å². The first-order valence-corrected chi connectivity index (χ1v) is 5.35. The van der Waals surface area contributed by atoms with Gasteiger partial charge in [-0.1, -0.05) is 19.1 Å². The second-order valence-electron chi connectivity index (χ2n) is 3.76. The summed E-state index contributed by atoms with van der Waals surface area (Å²) in [6.45, 7) is 4.90. The third-order valence-corrected chi connectivity index (χ3v) is 2.50. The van der Waals surface area contributed by atoms with Crippen molar-refractivity contribution in [1.82, 2.24) is 20.2 Å². The summed E-state index contributed by atoms with van der Waals surface area (Å²) in [5.41, 5.74) is 8.71. The largest absolute Gasteiger partial charge is 0.398 e. The molecule has 5 nitrogen and oxygen atoms in total. The van der Waals surface area contributed by atoms with Gasteiger partial charge in [0.05, 0.1) is 0 Å². The summed E-state index contributed by atoms with van der Waals surface area (Å²) in [5, 5.41) is 11.7. The summed E-state index contributed by atoms with van der Waals surface area (Å²) in [4.78, 5) is 0. The molecule has 1 aromatic heterocycles. The topological polar surface area (TPSA) is 69.6 Å². The molecular formula is C11H15N5. The number of nitrogens with zero attached hydrogens (tertiary/aromatic N) is 4. The molecule has 0 fully saturated rings. The molecule has 0 unspecified atom stereocenters. The Morgan fingerprint density at radius 1 is 1.38 bits per heavy atom. The van der Waals surface area contributed by atoms with Crippen LogP contribution in [0.2, 0.25) is 0 Å². The Labute approximate surface area is 94.3 Å². The van der Waals surface area contributed by atoms with Crippen molar-refractivity contribution in [2.45, 2.75) is 26.8 Å². The van der Waals surface area contributed by atoms with E-state index in [1.54, 1.807) is 4.68 Å². The third-order valence-electron chi connectivity index (χ3n) is 2.50. The molecule has 1 aromatic carbocycles. The van der Waals surface area contributed by atoms with Gasteiger partial charge in [-0.25, -0.2) is 4.68 Å². The van der Waals surface area contributed by atoms with Gasteiger partial charge in [0, 0.05) is 17.8 Å². The molecule has 0 radical (unpaired) electrons. The number of hydrogen-bond donors (Lipinski definition) is 1. The van der Waals surface area contributed by atoms with Crippen molar-refractivity contribution >= 4 is 5.69 Å². The van der Waals surface area contributed by atoms with E-state index in [0.29, 0.717) is 5.69 Å². The average molecular weight is 217 g/mol. The number of aromatic nitrogens is 4. The molecule has 0 bridgehead atoms. The van der Waals surface area contributed by atoms with Gasteiger partial charge in [0.15, 0.2) is 5.82 Å². The third kappa shape index (κ3) is 1.76. The number of rotatable bonds is 3. The molecule has 2 N–H and O–H groups in total. The molecule has 1 heterocycles. The van der Waals surface area contributed by atoms with Crippen LogP contribution in [0.15, 0.2) is 18.2 Å². The predicted molar refractivity (Wildman–Crippen MR) is 62.7 cm³/mol. The minimum absolute atomic E-state index is 0.715. The number of anilines is 1. The van der Waals surface area contributed by atoms with Crippen LogP contribution in [-0.4, -0.2) is 20.2 Å². The second-order valence-corrected chi connectivity index (χ2v) is 3.76. The highest BCUT2D eigenvalue weighted by atomic mass is 15.5. The summed E-state index contributed by atoms with van der Waals surface area (Å²) in [6.07, 6.45) is 0.990. The Morgan fingerprint density at radius 2 is 2.19 bits per heavy atom. The van der Waals surface area contributed by atoms with Crippen LogP contribution in [0.1, 0.15) is 18.9 Å². The molecule has 0 aliphatic carbocycles. The zero-order valence-electron chi connectivity index (χ0n) is 9.51. The molecule has 5 heteroatoms. The Kier molecular flexibility index (Phi) is 2.85. The summed E-state index contributed by atoms with van der Waals surface area (Å²) in [5.74, 6) is 0.748. The maximum absolute atomic E-state index is 5.97. The van der Waals surface area contributed by atoms with Gasteiger partial charge in [-0.05, 0) is 35.4 Å². The van der Waals surface area contributed by atoms with Crippen LogP contribution in [-0.2, 0) is 6.54 Å². The molecule has 16 heavy (non-hydrogen) atoms. The van der Waals surface area contributed by atoms with E-state index in [4.69, 9.17) is 5.73 Å². The molecule has 0 saturated carbocycles. The summed E-state index contributed by atoms with van der Waals surface area (Å²) in [7, 11) is 0. The Morgan fingerprint density at radius 3 is 2.88 bits per heavy atom. The second kappa shape index (κ2) is 4.30. The maximum Gasteiger partial charge on any atom is 0.184 e. The van der Waals surface area contributed by atoms with Crippen molar-refractivity contribution in [1.29, 1.82) is 0 Å². The van der Waals surface area contributed by atoms with E-state index in [-0.39, 0.29) is 0 Å². The van der Waals surface area contributed by atoms with E-state index < -0.39 is 0 Å². The molecule has 0 spiro atoms. The van der Waals surface area contributed by atoms with E-state index in [1.165, 1.54) is 0 Å². The molecule has 0 aliphatic rings. The van der Waals surface area contributed by atoms with E-state index in [0.717, 1.165) is 29.9 Å². The first-order chi connectivity index (χ1) is 7.74. The van der Waals surface area contributed by atoms with Gasteiger partial charge < -0.3 is 5.73 Å². The zero-order chi connectivity index (χ0) is 11.5. The molecule has 0 amide bonds. The van der Waals surface area contributed by atoms with Crippen LogP contribution < -0.4 is 5.73 Å². The Balaban J connectivity index is 2.54. The van der Waals surface area contributed by atoms with Gasteiger partial charge in [0.1, 0.15) is 0 Å². The minimum atomic E-state index is 0.715. The Bertz CT molecular complexity index is 469. The molecule has 0 saturated heterocycles. The SMILES string of the molecule is CCCn1nnnc1-c1c(C)cccc1N. The normalized spacial score (nSPS) is 10.6. The fraction of sp³-hybridized carbons (Fsp3) is 0.364. The summed E-state index contributed by atoms with van der Waals surface area (Å²) >= 11 is 0. The molecule has 84 valence electrons. The van der Waals surface area contributed by atoms with Gasteiger partial charge in [-0.2, -0.15) is 0 Å². The van der Waals surface area contributed by atoms with E-state index >= 15 is 0 Å². The van der Waals surface area contributed by atoms with Crippen molar-refractivity contribution in [3.8, 4) is 11.4 Å². The maximum atomic E-state index is 5.97. The number of benzene rings is 1. The lowest BCUT2D eigenvalue weighted by Crippen LogP contribution is -2.04. The number of nitrogens with two attached hydrogens (primary N) is 1. The quantitative estimate of drug-likeness (QED) is 0.793. The molecular weight excluding hydrogens is 202 g/mol. The highest BCUT2D eigenvalue weighted by Gasteiger charge is 2.13. The zero-order valence-corrected chi connectivity index (χ0v) is 9.51. The van der Waals surface area contributed by atoms with E-state index in [1.807, 2.05) is 25.1 Å². The van der Waals surface area contributed by atoms with Crippen LogP contribution in [0.4, 0.5) is 5.69 Å². The predicted octanol–water partition coefficient (Wildman–Crippen LogP) is 1.64. The van der Waals surface area contributed by atoms with Gasteiger partial charge in [0.2, 0.25) is 0 Å². The molecule has 0 aliphatic heterocycles. The highest BCUT2D eigenvalue weighted by molar-refractivity contribution is 5.74. The van der Waals surface area contributed by atoms with Crippen molar-refractivity contribution in [3.63, 3.8) is 0 Å². The summed E-state index contributed by atoms with van der Waals surface area (Å²) < 4.78 is 1.79. The van der Waals surface area contributed by atoms with Crippen LogP contribution in [0.5, 0.6) is 0 Å². The fourth-order valence-corrected chi connectivity index (χ4v) is 1.74. The monoisotopic (exact) mass is 217 g/mol. The lowest BCUT2D eigenvalue weighted by molar-refractivity contribution is 0.583. The van der Waals surface area contributed by atoms with Crippen LogP contribution in [0.3, 0.4) is 0 Å². The Hall–Kier alpha value is -1.91. The van der Waals surface area contributed by atoms with Crippen LogP contribution in [0.25, 0.3) is 11.4 Å².